The Morgan fingerprint density at radius 1 is 1.30 bits per heavy atom. The first kappa shape index (κ1) is 15.3. The molecule has 1 aliphatic carbocycles. The van der Waals surface area contributed by atoms with Crippen LogP contribution in [-0.2, 0) is 15.8 Å². The Morgan fingerprint density at radius 3 is 2.75 bits per heavy atom. The van der Waals surface area contributed by atoms with E-state index in [0.29, 0.717) is 17.8 Å². The van der Waals surface area contributed by atoms with Crippen LogP contribution >= 0.6 is 0 Å². The van der Waals surface area contributed by atoms with Gasteiger partial charge in [0.2, 0.25) is 10.0 Å². The van der Waals surface area contributed by atoms with Crippen molar-refractivity contribution in [3.63, 3.8) is 0 Å². The van der Waals surface area contributed by atoms with E-state index in [0.717, 1.165) is 25.7 Å². The van der Waals surface area contributed by atoms with Crippen LogP contribution in [0.5, 0.6) is 0 Å². The van der Waals surface area contributed by atoms with Crippen LogP contribution in [0.25, 0.3) is 0 Å². The summed E-state index contributed by atoms with van der Waals surface area (Å²) in [5, 5.41) is 9.84. The van der Waals surface area contributed by atoms with Crippen LogP contribution in [0.3, 0.4) is 0 Å². The number of benzene rings is 1. The largest absolute Gasteiger partial charge is 0.399 e. The third-order valence-corrected chi connectivity index (χ3v) is 5.06. The minimum Gasteiger partial charge on any atom is -0.399 e. The van der Waals surface area contributed by atoms with Crippen molar-refractivity contribution in [2.24, 2.45) is 5.92 Å². The van der Waals surface area contributed by atoms with Crippen molar-refractivity contribution < 1.29 is 13.5 Å². The lowest BCUT2D eigenvalue weighted by Crippen LogP contribution is -2.37. The van der Waals surface area contributed by atoms with Gasteiger partial charge in [0.15, 0.2) is 0 Å². The maximum absolute atomic E-state index is 12.0. The van der Waals surface area contributed by atoms with E-state index in [1.165, 1.54) is 0 Å². The van der Waals surface area contributed by atoms with Gasteiger partial charge in [-0.25, -0.2) is 13.1 Å². The summed E-state index contributed by atoms with van der Waals surface area (Å²) < 4.78 is 26.7. The molecule has 1 aromatic rings. The van der Waals surface area contributed by atoms with E-state index >= 15 is 0 Å². The van der Waals surface area contributed by atoms with Crippen LogP contribution in [0.4, 0.5) is 5.69 Å². The van der Waals surface area contributed by atoms with Gasteiger partial charge in [-0.1, -0.05) is 25.0 Å². The summed E-state index contributed by atoms with van der Waals surface area (Å²) in [6.45, 7) is 0.311. The van der Waals surface area contributed by atoms with Gasteiger partial charge in [0.1, 0.15) is 0 Å². The molecule has 112 valence electrons. The zero-order chi connectivity index (χ0) is 14.6. The first-order valence-corrected chi connectivity index (χ1v) is 8.61. The number of nitrogens with one attached hydrogen (secondary N) is 1. The van der Waals surface area contributed by atoms with E-state index in [9.17, 15) is 13.5 Å². The first-order chi connectivity index (χ1) is 9.46. The Morgan fingerprint density at radius 2 is 2.05 bits per heavy atom. The number of rotatable bonds is 5. The SMILES string of the molecule is Nc1cccc(CS(=O)(=O)NCC2CCCCC2O)c1. The zero-order valence-corrected chi connectivity index (χ0v) is 12.3. The monoisotopic (exact) mass is 298 g/mol. The van der Waals surface area contributed by atoms with Crippen LogP contribution in [0.2, 0.25) is 0 Å². The Bertz CT molecular complexity index is 545. The molecule has 6 heteroatoms. The second kappa shape index (κ2) is 6.56. The smallest absolute Gasteiger partial charge is 0.215 e. The van der Waals surface area contributed by atoms with Gasteiger partial charge in [-0.15, -0.1) is 0 Å². The molecule has 2 unspecified atom stereocenters. The van der Waals surface area contributed by atoms with Crippen molar-refractivity contribution in [3.8, 4) is 0 Å². The molecule has 1 saturated carbocycles. The van der Waals surface area contributed by atoms with Gasteiger partial charge >= 0.3 is 0 Å². The van der Waals surface area contributed by atoms with Gasteiger partial charge in [-0.05, 0) is 36.5 Å². The van der Waals surface area contributed by atoms with Gasteiger partial charge in [0, 0.05) is 12.2 Å². The molecule has 0 radical (unpaired) electrons. The minimum atomic E-state index is -3.39. The summed E-state index contributed by atoms with van der Waals surface area (Å²) in [5.41, 5.74) is 6.86. The van der Waals surface area contributed by atoms with Gasteiger partial charge in [-0.2, -0.15) is 0 Å². The number of aliphatic hydroxyl groups excluding tert-OH is 1. The van der Waals surface area contributed by atoms with Crippen molar-refractivity contribution in [2.75, 3.05) is 12.3 Å². The normalized spacial score (nSPS) is 23.6. The predicted octanol–water partition coefficient (Wildman–Crippen LogP) is 1.24. The Labute approximate surface area is 120 Å². The van der Waals surface area contributed by atoms with E-state index in [1.54, 1.807) is 24.3 Å². The minimum absolute atomic E-state index is 0.0272. The van der Waals surface area contributed by atoms with Crippen molar-refractivity contribution in [1.29, 1.82) is 0 Å². The van der Waals surface area contributed by atoms with Crippen molar-refractivity contribution in [1.82, 2.24) is 4.72 Å². The highest BCUT2D eigenvalue weighted by Gasteiger charge is 2.24. The van der Waals surface area contributed by atoms with Gasteiger partial charge in [-0.3, -0.25) is 0 Å². The summed E-state index contributed by atoms with van der Waals surface area (Å²) in [7, 11) is -3.39. The lowest BCUT2D eigenvalue weighted by atomic mass is 9.87. The number of nitrogen functional groups attached to an aromatic ring is 1. The lowest BCUT2D eigenvalue weighted by Gasteiger charge is -2.27. The standard InChI is InChI=1S/C14H22N2O3S/c15-13-6-3-4-11(8-13)10-20(18,19)16-9-12-5-1-2-7-14(12)17/h3-4,6,8,12,14,16-17H,1-2,5,7,9-10,15H2. The van der Waals surface area contributed by atoms with Crippen molar-refractivity contribution in [3.05, 3.63) is 29.8 Å². The van der Waals surface area contributed by atoms with E-state index in [2.05, 4.69) is 4.72 Å². The molecule has 2 atom stereocenters. The van der Waals surface area contributed by atoms with Crippen LogP contribution in [0.15, 0.2) is 24.3 Å². The molecule has 0 heterocycles. The molecule has 1 aromatic carbocycles. The maximum Gasteiger partial charge on any atom is 0.215 e. The van der Waals surface area contributed by atoms with Crippen LogP contribution in [-0.4, -0.2) is 26.2 Å². The first-order valence-electron chi connectivity index (χ1n) is 6.96. The average molecular weight is 298 g/mol. The molecule has 4 N–H and O–H groups in total. The topological polar surface area (TPSA) is 92.4 Å². The third kappa shape index (κ3) is 4.47. The lowest BCUT2D eigenvalue weighted by molar-refractivity contribution is 0.0724. The molecular formula is C14H22N2O3S. The molecule has 20 heavy (non-hydrogen) atoms. The molecule has 2 rings (SSSR count). The fourth-order valence-corrected chi connectivity index (χ4v) is 3.80. The number of aliphatic hydroxyl groups is 1. The highest BCUT2D eigenvalue weighted by molar-refractivity contribution is 7.88. The molecule has 0 aliphatic heterocycles. The van der Waals surface area contributed by atoms with Gasteiger partial charge < -0.3 is 10.8 Å². The van der Waals surface area contributed by atoms with E-state index in [-0.39, 0.29) is 17.8 Å². The van der Waals surface area contributed by atoms with E-state index in [4.69, 9.17) is 5.73 Å². The number of hydrogen-bond acceptors (Lipinski definition) is 4. The maximum atomic E-state index is 12.0. The molecule has 0 spiro atoms. The fourth-order valence-electron chi connectivity index (χ4n) is 2.61. The highest BCUT2D eigenvalue weighted by atomic mass is 32.2. The molecule has 1 aliphatic rings. The molecule has 0 aromatic heterocycles. The summed E-state index contributed by atoms with van der Waals surface area (Å²) in [5.74, 6) is -0.0553. The summed E-state index contributed by atoms with van der Waals surface area (Å²) >= 11 is 0. The Hall–Kier alpha value is -1.11. The Balaban J connectivity index is 1.90. The molecule has 0 saturated heterocycles. The van der Waals surface area contributed by atoms with Crippen molar-refractivity contribution >= 4 is 15.7 Å². The van der Waals surface area contributed by atoms with Crippen molar-refractivity contribution in [2.45, 2.75) is 37.5 Å². The summed E-state index contributed by atoms with van der Waals surface area (Å²) in [6, 6.07) is 6.87. The molecule has 0 amide bonds. The van der Waals surface area contributed by atoms with Gasteiger partial charge in [0.25, 0.3) is 0 Å². The summed E-state index contributed by atoms with van der Waals surface area (Å²) in [6.07, 6.45) is 3.33. The second-order valence-corrected chi connectivity index (χ2v) is 7.27. The number of sulfonamides is 1. The number of anilines is 1. The molecule has 0 bridgehead atoms. The number of hydrogen-bond donors (Lipinski definition) is 3. The predicted molar refractivity (Wildman–Crippen MR) is 79.4 cm³/mol. The Kier molecular flexibility index (Phi) is 5.01. The molecule has 5 nitrogen and oxygen atoms in total. The van der Waals surface area contributed by atoms with Crippen LogP contribution in [0, 0.1) is 5.92 Å². The van der Waals surface area contributed by atoms with Gasteiger partial charge in [0.05, 0.1) is 11.9 Å². The average Bonchev–Trinajstić information content (AvgIpc) is 2.37. The zero-order valence-electron chi connectivity index (χ0n) is 11.5. The van der Waals surface area contributed by atoms with E-state index < -0.39 is 10.0 Å². The quantitative estimate of drug-likeness (QED) is 0.713. The number of nitrogens with two attached hydrogens (primary N) is 1. The van der Waals surface area contributed by atoms with Crippen LogP contribution < -0.4 is 10.5 Å². The third-order valence-electron chi connectivity index (χ3n) is 3.74. The fraction of sp³-hybridized carbons (Fsp3) is 0.571. The highest BCUT2D eigenvalue weighted by Crippen LogP contribution is 2.23. The molecule has 1 fully saturated rings. The van der Waals surface area contributed by atoms with E-state index in [1.807, 2.05) is 0 Å². The summed E-state index contributed by atoms with van der Waals surface area (Å²) in [4.78, 5) is 0. The van der Waals surface area contributed by atoms with Crippen LogP contribution in [0.1, 0.15) is 31.2 Å². The second-order valence-electron chi connectivity index (χ2n) is 5.46. The molecular weight excluding hydrogens is 276 g/mol.